The van der Waals surface area contributed by atoms with Crippen molar-refractivity contribution >= 4 is 11.9 Å². The second-order valence-electron chi connectivity index (χ2n) is 4.89. The Balaban J connectivity index is 1.90. The summed E-state index contributed by atoms with van der Waals surface area (Å²) >= 11 is 0. The Bertz CT molecular complexity index is 469. The Hall–Kier alpha value is -2.04. The van der Waals surface area contributed by atoms with Crippen LogP contribution in [0.5, 0.6) is 5.75 Å². The minimum atomic E-state index is -0.840. The lowest BCUT2D eigenvalue weighted by molar-refractivity contribution is -0.142. The third kappa shape index (κ3) is 3.47. The number of phenolic OH excluding ortho intramolecular Hbond substituents is 1. The lowest BCUT2D eigenvalue weighted by Crippen LogP contribution is -2.40. The first-order chi connectivity index (χ1) is 9.06. The van der Waals surface area contributed by atoms with Gasteiger partial charge in [0, 0.05) is 6.04 Å². The van der Waals surface area contributed by atoms with Gasteiger partial charge in [0.1, 0.15) is 5.75 Å². The molecule has 1 aliphatic rings. The summed E-state index contributed by atoms with van der Waals surface area (Å²) in [6.45, 7) is 0. The molecular weight excluding hydrogens is 246 g/mol. The number of carbonyl (C=O) groups excluding carboxylic acids is 1. The number of carbonyl (C=O) groups is 2. The lowest BCUT2D eigenvalue weighted by atomic mass is 10.0. The maximum absolute atomic E-state index is 11.9. The summed E-state index contributed by atoms with van der Waals surface area (Å²) < 4.78 is 0. The molecule has 5 nitrogen and oxygen atoms in total. The second-order valence-corrected chi connectivity index (χ2v) is 4.89. The quantitative estimate of drug-likeness (QED) is 0.764. The first-order valence-electron chi connectivity index (χ1n) is 6.36. The standard InChI is InChI=1S/C14H17NO4/c16-10-6-4-9(5-7-10)8-13(17)15-12-3-1-2-11(12)14(18)19/h4-7,11-12,16H,1-3,8H2,(H,15,17)(H,18,19). The van der Waals surface area contributed by atoms with Crippen LogP contribution >= 0.6 is 0 Å². The molecular formula is C14H17NO4. The van der Waals surface area contributed by atoms with Crippen LogP contribution in [0.2, 0.25) is 0 Å². The van der Waals surface area contributed by atoms with Gasteiger partial charge in [0.05, 0.1) is 12.3 Å². The van der Waals surface area contributed by atoms with E-state index in [-0.39, 0.29) is 24.1 Å². The van der Waals surface area contributed by atoms with Crippen LogP contribution in [0.4, 0.5) is 0 Å². The number of carboxylic acids is 1. The topological polar surface area (TPSA) is 86.6 Å². The number of rotatable bonds is 4. The molecule has 2 atom stereocenters. The van der Waals surface area contributed by atoms with Crippen LogP contribution in [0.3, 0.4) is 0 Å². The van der Waals surface area contributed by atoms with Crippen LogP contribution in [0.1, 0.15) is 24.8 Å². The van der Waals surface area contributed by atoms with Gasteiger partial charge >= 0.3 is 5.97 Å². The molecule has 1 saturated carbocycles. The zero-order valence-corrected chi connectivity index (χ0v) is 10.5. The summed E-state index contributed by atoms with van der Waals surface area (Å²) in [4.78, 5) is 22.9. The zero-order chi connectivity index (χ0) is 13.8. The fourth-order valence-electron chi connectivity index (χ4n) is 2.49. The molecule has 2 rings (SSSR count). The molecule has 102 valence electrons. The van der Waals surface area contributed by atoms with Crippen LogP contribution in [0, 0.1) is 5.92 Å². The molecule has 1 aromatic rings. The van der Waals surface area contributed by atoms with Crippen molar-refractivity contribution in [3.05, 3.63) is 29.8 Å². The average Bonchev–Trinajstić information content (AvgIpc) is 2.80. The fraction of sp³-hybridized carbons (Fsp3) is 0.429. The number of aliphatic carboxylic acids is 1. The van der Waals surface area contributed by atoms with E-state index < -0.39 is 11.9 Å². The Morgan fingerprint density at radius 3 is 2.53 bits per heavy atom. The Morgan fingerprint density at radius 2 is 1.89 bits per heavy atom. The molecule has 5 heteroatoms. The van der Waals surface area contributed by atoms with Gasteiger partial charge in [-0.1, -0.05) is 18.6 Å². The largest absolute Gasteiger partial charge is 0.508 e. The monoisotopic (exact) mass is 263 g/mol. The molecule has 1 aliphatic carbocycles. The van der Waals surface area contributed by atoms with E-state index in [1.165, 1.54) is 12.1 Å². The van der Waals surface area contributed by atoms with Crippen LogP contribution in [-0.4, -0.2) is 28.1 Å². The van der Waals surface area contributed by atoms with Crippen LogP contribution in [0.25, 0.3) is 0 Å². The summed E-state index contributed by atoms with van der Waals surface area (Å²) in [5.41, 5.74) is 0.792. The summed E-state index contributed by atoms with van der Waals surface area (Å²) in [5.74, 6) is -1.33. The molecule has 0 bridgehead atoms. The first-order valence-corrected chi connectivity index (χ1v) is 6.36. The number of hydrogen-bond acceptors (Lipinski definition) is 3. The number of benzene rings is 1. The van der Waals surface area contributed by atoms with E-state index >= 15 is 0 Å². The predicted molar refractivity (Wildman–Crippen MR) is 68.7 cm³/mol. The summed E-state index contributed by atoms with van der Waals surface area (Å²) in [7, 11) is 0. The third-order valence-corrected chi connectivity index (χ3v) is 3.48. The van der Waals surface area contributed by atoms with Crippen molar-refractivity contribution in [1.29, 1.82) is 0 Å². The van der Waals surface area contributed by atoms with Crippen molar-refractivity contribution in [2.24, 2.45) is 5.92 Å². The third-order valence-electron chi connectivity index (χ3n) is 3.48. The van der Waals surface area contributed by atoms with E-state index in [1.807, 2.05) is 0 Å². The Kier molecular flexibility index (Phi) is 4.04. The predicted octanol–water partition coefficient (Wildman–Crippen LogP) is 1.30. The minimum Gasteiger partial charge on any atom is -0.508 e. The molecule has 0 spiro atoms. The number of nitrogens with one attached hydrogen (secondary N) is 1. The number of amides is 1. The molecule has 1 fully saturated rings. The average molecular weight is 263 g/mol. The van der Waals surface area contributed by atoms with Crippen molar-refractivity contribution in [2.75, 3.05) is 0 Å². The number of phenols is 1. The molecule has 19 heavy (non-hydrogen) atoms. The molecule has 1 amide bonds. The summed E-state index contributed by atoms with van der Waals surface area (Å²) in [5, 5.41) is 21.0. The van der Waals surface area contributed by atoms with Gasteiger partial charge < -0.3 is 15.5 Å². The molecule has 0 saturated heterocycles. The van der Waals surface area contributed by atoms with Crippen molar-refractivity contribution in [3.8, 4) is 5.75 Å². The van der Waals surface area contributed by atoms with Gasteiger partial charge in [-0.2, -0.15) is 0 Å². The number of carboxylic acid groups (broad SMARTS) is 1. The molecule has 1 aromatic carbocycles. The SMILES string of the molecule is O=C(Cc1ccc(O)cc1)NC1CCCC1C(=O)O. The van der Waals surface area contributed by atoms with Gasteiger partial charge in [-0.15, -0.1) is 0 Å². The van der Waals surface area contributed by atoms with Gasteiger partial charge in [-0.25, -0.2) is 0 Å². The van der Waals surface area contributed by atoms with Crippen LogP contribution in [-0.2, 0) is 16.0 Å². The highest BCUT2D eigenvalue weighted by Crippen LogP contribution is 2.25. The normalized spacial score (nSPS) is 22.1. The van der Waals surface area contributed by atoms with E-state index in [0.717, 1.165) is 18.4 Å². The molecule has 2 unspecified atom stereocenters. The molecule has 0 aromatic heterocycles. The minimum absolute atomic E-state index is 0.158. The van der Waals surface area contributed by atoms with Crippen LogP contribution in [0.15, 0.2) is 24.3 Å². The smallest absolute Gasteiger partial charge is 0.308 e. The number of aromatic hydroxyl groups is 1. The highest BCUT2D eigenvalue weighted by Gasteiger charge is 2.33. The van der Waals surface area contributed by atoms with Gasteiger partial charge in [0.25, 0.3) is 0 Å². The maximum atomic E-state index is 11.9. The van der Waals surface area contributed by atoms with E-state index in [1.54, 1.807) is 12.1 Å². The number of hydrogen-bond donors (Lipinski definition) is 3. The van der Waals surface area contributed by atoms with E-state index in [0.29, 0.717) is 6.42 Å². The highest BCUT2D eigenvalue weighted by atomic mass is 16.4. The first kappa shape index (κ1) is 13.4. The Morgan fingerprint density at radius 1 is 1.21 bits per heavy atom. The van der Waals surface area contributed by atoms with E-state index in [9.17, 15) is 9.59 Å². The van der Waals surface area contributed by atoms with Crippen molar-refractivity contribution in [1.82, 2.24) is 5.32 Å². The second kappa shape index (κ2) is 5.73. The Labute approximate surface area is 111 Å². The van der Waals surface area contributed by atoms with Gasteiger partial charge in [-0.05, 0) is 30.5 Å². The maximum Gasteiger partial charge on any atom is 0.308 e. The fourth-order valence-corrected chi connectivity index (χ4v) is 2.49. The van der Waals surface area contributed by atoms with Gasteiger partial charge in [0.2, 0.25) is 5.91 Å². The van der Waals surface area contributed by atoms with Crippen molar-refractivity contribution < 1.29 is 19.8 Å². The highest BCUT2D eigenvalue weighted by molar-refractivity contribution is 5.80. The molecule has 3 N–H and O–H groups in total. The van der Waals surface area contributed by atoms with Crippen molar-refractivity contribution in [2.45, 2.75) is 31.7 Å². The van der Waals surface area contributed by atoms with E-state index in [2.05, 4.69) is 5.32 Å². The van der Waals surface area contributed by atoms with Gasteiger partial charge in [0.15, 0.2) is 0 Å². The van der Waals surface area contributed by atoms with E-state index in [4.69, 9.17) is 10.2 Å². The zero-order valence-electron chi connectivity index (χ0n) is 10.5. The summed E-state index contributed by atoms with van der Waals surface area (Å²) in [6.07, 6.45) is 2.38. The molecule has 0 heterocycles. The van der Waals surface area contributed by atoms with Gasteiger partial charge in [-0.3, -0.25) is 9.59 Å². The lowest BCUT2D eigenvalue weighted by Gasteiger charge is -2.17. The molecule has 0 aliphatic heterocycles. The molecule has 0 radical (unpaired) electrons. The van der Waals surface area contributed by atoms with Crippen molar-refractivity contribution in [3.63, 3.8) is 0 Å². The van der Waals surface area contributed by atoms with Crippen LogP contribution < -0.4 is 5.32 Å². The summed E-state index contributed by atoms with van der Waals surface area (Å²) in [6, 6.07) is 6.15.